The fraction of sp³-hybridized carbons (Fsp3) is 0.600. The third-order valence-electron chi connectivity index (χ3n) is 1.03. The van der Waals surface area contributed by atoms with Gasteiger partial charge in [-0.15, -0.1) is 0 Å². The van der Waals surface area contributed by atoms with Gasteiger partial charge in [-0.25, -0.2) is 0 Å². The van der Waals surface area contributed by atoms with E-state index in [1.165, 1.54) is 0 Å². The Balaban J connectivity index is 2.84. The van der Waals surface area contributed by atoms with E-state index in [0.717, 1.165) is 5.41 Å². The van der Waals surface area contributed by atoms with E-state index in [1.54, 1.807) is 13.0 Å². The zero-order chi connectivity index (χ0) is 6.91. The Kier molecular flexibility index (Phi) is 1.59. The summed E-state index contributed by atoms with van der Waals surface area (Å²) < 4.78 is 25.7. The molecule has 0 amide bonds. The molecular formula is C5H8O3S. The van der Waals surface area contributed by atoms with Crippen LogP contribution in [0.5, 0.6) is 0 Å². The van der Waals surface area contributed by atoms with Gasteiger partial charge in [-0.2, -0.15) is 8.42 Å². The van der Waals surface area contributed by atoms with Gasteiger partial charge < -0.3 is 0 Å². The normalized spacial score (nSPS) is 32.3. The molecule has 9 heavy (non-hydrogen) atoms. The molecule has 0 radical (unpaired) electrons. The maximum Gasteiger partial charge on any atom is 0.290 e. The van der Waals surface area contributed by atoms with Crippen LogP contribution in [0.2, 0.25) is 0 Å². The number of rotatable bonds is 0. The van der Waals surface area contributed by atoms with E-state index in [9.17, 15) is 8.42 Å². The molecule has 0 fully saturated rings. The first kappa shape index (κ1) is 6.77. The molecule has 4 heteroatoms. The van der Waals surface area contributed by atoms with Crippen LogP contribution in [0.4, 0.5) is 0 Å². The van der Waals surface area contributed by atoms with Crippen molar-refractivity contribution in [2.45, 2.75) is 19.4 Å². The van der Waals surface area contributed by atoms with Crippen LogP contribution in [0.3, 0.4) is 0 Å². The van der Waals surface area contributed by atoms with Gasteiger partial charge in [0, 0.05) is 0 Å². The van der Waals surface area contributed by atoms with Crippen LogP contribution in [0, 0.1) is 0 Å². The number of hydrogen-bond donors (Lipinski definition) is 0. The molecule has 1 aliphatic rings. The van der Waals surface area contributed by atoms with Gasteiger partial charge in [0.1, 0.15) is 0 Å². The molecule has 0 aromatic heterocycles. The van der Waals surface area contributed by atoms with E-state index >= 15 is 0 Å². The Morgan fingerprint density at radius 3 is 2.67 bits per heavy atom. The maximum atomic E-state index is 10.6. The van der Waals surface area contributed by atoms with Gasteiger partial charge in [-0.3, -0.25) is 4.18 Å². The maximum absolute atomic E-state index is 10.6. The summed E-state index contributed by atoms with van der Waals surface area (Å²) in [5, 5.41) is 1.09. The molecule has 1 heterocycles. The van der Waals surface area contributed by atoms with Crippen molar-refractivity contribution in [3.05, 3.63) is 11.5 Å². The molecule has 0 spiro atoms. The Labute approximate surface area is 54.5 Å². The lowest BCUT2D eigenvalue weighted by Crippen LogP contribution is -2.16. The topological polar surface area (TPSA) is 43.4 Å². The van der Waals surface area contributed by atoms with Crippen LogP contribution in [0.1, 0.15) is 13.3 Å². The molecule has 0 aromatic carbocycles. The second kappa shape index (κ2) is 2.11. The second-order valence-corrected chi connectivity index (χ2v) is 3.46. The molecule has 0 saturated heterocycles. The molecule has 1 aliphatic heterocycles. The highest BCUT2D eigenvalue weighted by Crippen LogP contribution is 2.11. The zero-order valence-electron chi connectivity index (χ0n) is 5.07. The monoisotopic (exact) mass is 148 g/mol. The van der Waals surface area contributed by atoms with E-state index < -0.39 is 10.1 Å². The third kappa shape index (κ3) is 1.80. The van der Waals surface area contributed by atoms with Crippen LogP contribution < -0.4 is 0 Å². The van der Waals surface area contributed by atoms with E-state index in [-0.39, 0.29) is 6.10 Å². The Morgan fingerprint density at radius 2 is 2.33 bits per heavy atom. The van der Waals surface area contributed by atoms with Crippen molar-refractivity contribution in [3.63, 3.8) is 0 Å². The summed E-state index contributed by atoms with van der Waals surface area (Å²) in [5.74, 6) is 0. The summed E-state index contributed by atoms with van der Waals surface area (Å²) in [4.78, 5) is 0. The fourth-order valence-electron chi connectivity index (χ4n) is 0.665. The van der Waals surface area contributed by atoms with E-state index in [1.807, 2.05) is 0 Å². The second-order valence-electron chi connectivity index (χ2n) is 2.01. The van der Waals surface area contributed by atoms with Gasteiger partial charge in [0.05, 0.1) is 11.5 Å². The highest BCUT2D eigenvalue weighted by molar-refractivity contribution is 7.89. The molecule has 0 saturated carbocycles. The third-order valence-corrected chi connectivity index (χ3v) is 2.15. The average molecular weight is 148 g/mol. The van der Waals surface area contributed by atoms with Gasteiger partial charge >= 0.3 is 0 Å². The first-order valence-electron chi connectivity index (χ1n) is 2.70. The summed E-state index contributed by atoms with van der Waals surface area (Å²) >= 11 is 0. The lowest BCUT2D eigenvalue weighted by Gasteiger charge is -2.11. The Morgan fingerprint density at radius 1 is 1.67 bits per heavy atom. The van der Waals surface area contributed by atoms with Gasteiger partial charge in [-0.1, -0.05) is 6.08 Å². The van der Waals surface area contributed by atoms with Crippen molar-refractivity contribution in [2.24, 2.45) is 0 Å². The van der Waals surface area contributed by atoms with E-state index in [0.29, 0.717) is 6.42 Å². The first-order chi connectivity index (χ1) is 4.10. The summed E-state index contributed by atoms with van der Waals surface area (Å²) in [7, 11) is -3.31. The van der Waals surface area contributed by atoms with Crippen molar-refractivity contribution in [3.8, 4) is 0 Å². The van der Waals surface area contributed by atoms with Crippen LogP contribution in [0.25, 0.3) is 0 Å². The molecule has 0 bridgehead atoms. The molecular weight excluding hydrogens is 140 g/mol. The lowest BCUT2D eigenvalue weighted by atomic mass is 10.3. The SMILES string of the molecule is CC1CC=CS(=O)(=O)O1. The standard InChI is InChI=1S/C5H8O3S/c1-5-3-2-4-9(6,7)8-5/h2,4-5H,3H2,1H3. The molecule has 1 atom stereocenters. The van der Waals surface area contributed by atoms with Crippen LogP contribution in [-0.4, -0.2) is 14.5 Å². The lowest BCUT2D eigenvalue weighted by molar-refractivity contribution is 0.231. The van der Waals surface area contributed by atoms with Crippen molar-refractivity contribution in [2.75, 3.05) is 0 Å². The van der Waals surface area contributed by atoms with Gasteiger partial charge in [0.2, 0.25) is 0 Å². The molecule has 0 N–H and O–H groups in total. The first-order valence-corrected chi connectivity index (χ1v) is 4.17. The molecule has 3 nitrogen and oxygen atoms in total. The predicted octanol–water partition coefficient (Wildman–Crippen LogP) is 0.639. The quantitative estimate of drug-likeness (QED) is 0.473. The highest BCUT2D eigenvalue weighted by atomic mass is 32.2. The minimum Gasteiger partial charge on any atom is -0.263 e. The summed E-state index contributed by atoms with van der Waals surface area (Å²) in [6.07, 6.45) is 2.09. The molecule has 1 unspecified atom stereocenters. The van der Waals surface area contributed by atoms with Crippen LogP contribution in [0.15, 0.2) is 11.5 Å². The van der Waals surface area contributed by atoms with Crippen molar-refractivity contribution in [1.82, 2.24) is 0 Å². The van der Waals surface area contributed by atoms with E-state index in [4.69, 9.17) is 0 Å². The predicted molar refractivity (Wildman–Crippen MR) is 33.2 cm³/mol. The Bertz CT molecular complexity index is 214. The van der Waals surface area contributed by atoms with E-state index in [2.05, 4.69) is 4.18 Å². The van der Waals surface area contributed by atoms with Gasteiger partial charge in [0.15, 0.2) is 0 Å². The number of hydrogen-bond acceptors (Lipinski definition) is 3. The Hall–Kier alpha value is -0.350. The highest BCUT2D eigenvalue weighted by Gasteiger charge is 2.15. The largest absolute Gasteiger partial charge is 0.290 e. The average Bonchev–Trinajstić information content (AvgIpc) is 1.60. The van der Waals surface area contributed by atoms with Crippen molar-refractivity contribution >= 4 is 10.1 Å². The summed E-state index contributed by atoms with van der Waals surface area (Å²) in [6.45, 7) is 1.72. The van der Waals surface area contributed by atoms with Crippen LogP contribution >= 0.6 is 0 Å². The summed E-state index contributed by atoms with van der Waals surface area (Å²) in [5.41, 5.74) is 0. The molecule has 0 aliphatic carbocycles. The molecule has 0 aromatic rings. The molecule has 52 valence electrons. The minimum absolute atomic E-state index is 0.194. The van der Waals surface area contributed by atoms with Crippen molar-refractivity contribution < 1.29 is 12.6 Å². The smallest absolute Gasteiger partial charge is 0.263 e. The minimum atomic E-state index is -3.31. The summed E-state index contributed by atoms with van der Waals surface area (Å²) in [6, 6.07) is 0. The molecule has 1 rings (SSSR count). The zero-order valence-corrected chi connectivity index (χ0v) is 5.89. The van der Waals surface area contributed by atoms with Crippen molar-refractivity contribution in [1.29, 1.82) is 0 Å². The van der Waals surface area contributed by atoms with Gasteiger partial charge in [-0.05, 0) is 13.3 Å². The van der Waals surface area contributed by atoms with Gasteiger partial charge in [0.25, 0.3) is 10.1 Å². The van der Waals surface area contributed by atoms with Crippen LogP contribution in [-0.2, 0) is 14.3 Å². The fourth-order valence-corrected chi connectivity index (χ4v) is 1.61.